The topological polar surface area (TPSA) is 90.4 Å². The second kappa shape index (κ2) is 9.14. The summed E-state index contributed by atoms with van der Waals surface area (Å²) in [6.07, 6.45) is 3.86. The Hall–Kier alpha value is -2.19. The number of anilines is 3. The lowest BCUT2D eigenvalue weighted by molar-refractivity contribution is -0.115. The van der Waals surface area contributed by atoms with Gasteiger partial charge in [0.25, 0.3) is 0 Å². The van der Waals surface area contributed by atoms with Gasteiger partial charge in [-0.15, -0.1) is 0 Å². The molecular weight excluding hydrogens is 410 g/mol. The number of aliphatic hydroxyl groups excluding tert-OH is 1. The molecule has 27 heavy (non-hydrogen) atoms. The van der Waals surface area contributed by atoms with E-state index < -0.39 is 0 Å². The predicted octanol–water partition coefficient (Wildman–Crippen LogP) is 2.95. The zero-order valence-corrected chi connectivity index (χ0v) is 16.9. The van der Waals surface area contributed by atoms with Gasteiger partial charge in [-0.3, -0.25) is 4.79 Å². The molecule has 0 aliphatic carbocycles. The molecule has 1 aromatic carbocycles. The Morgan fingerprint density at radius 2 is 2.22 bits per heavy atom. The molecule has 1 aliphatic rings. The van der Waals surface area contributed by atoms with Crippen molar-refractivity contribution in [3.8, 4) is 0 Å². The zero-order valence-electron chi connectivity index (χ0n) is 15.3. The summed E-state index contributed by atoms with van der Waals surface area (Å²) >= 11 is 3.42. The number of amides is 1. The van der Waals surface area contributed by atoms with E-state index in [9.17, 15) is 9.90 Å². The quantitative estimate of drug-likeness (QED) is 0.621. The molecule has 1 fully saturated rings. The second-order valence-corrected chi connectivity index (χ2v) is 7.53. The number of benzene rings is 1. The molecule has 0 bridgehead atoms. The minimum absolute atomic E-state index is 0.0575. The Labute approximate surface area is 167 Å². The summed E-state index contributed by atoms with van der Waals surface area (Å²) in [6, 6.07) is 7.78. The predicted molar refractivity (Wildman–Crippen MR) is 110 cm³/mol. The molecular formula is C19H24BrN5O2. The van der Waals surface area contributed by atoms with Crippen LogP contribution in [0.5, 0.6) is 0 Å². The molecule has 2 heterocycles. The van der Waals surface area contributed by atoms with Gasteiger partial charge in [-0.25, -0.2) is 9.97 Å². The number of aliphatic hydroxyl groups is 1. The maximum Gasteiger partial charge on any atom is 0.226 e. The Bertz CT molecular complexity index is 801. The van der Waals surface area contributed by atoms with Crippen molar-refractivity contribution in [2.24, 2.45) is 0 Å². The van der Waals surface area contributed by atoms with Crippen molar-refractivity contribution in [2.75, 3.05) is 35.2 Å². The Morgan fingerprint density at radius 3 is 3.04 bits per heavy atom. The van der Waals surface area contributed by atoms with Crippen LogP contribution in [-0.2, 0) is 4.79 Å². The smallest absolute Gasteiger partial charge is 0.226 e. The highest BCUT2D eigenvalue weighted by Gasteiger charge is 2.25. The summed E-state index contributed by atoms with van der Waals surface area (Å²) in [5.74, 6) is 1.42. The van der Waals surface area contributed by atoms with Crippen molar-refractivity contribution in [2.45, 2.75) is 32.2 Å². The van der Waals surface area contributed by atoms with Crippen LogP contribution in [0, 0.1) is 6.92 Å². The van der Waals surface area contributed by atoms with E-state index >= 15 is 0 Å². The number of nitrogens with zero attached hydrogens (tertiary/aromatic N) is 3. The van der Waals surface area contributed by atoms with Crippen molar-refractivity contribution in [3.05, 3.63) is 40.6 Å². The molecule has 1 amide bonds. The highest BCUT2D eigenvalue weighted by molar-refractivity contribution is 9.10. The minimum Gasteiger partial charge on any atom is -0.394 e. The Morgan fingerprint density at radius 1 is 1.37 bits per heavy atom. The largest absolute Gasteiger partial charge is 0.394 e. The maximum absolute atomic E-state index is 12.2. The van der Waals surface area contributed by atoms with Gasteiger partial charge >= 0.3 is 0 Å². The molecule has 7 nitrogen and oxygen atoms in total. The molecule has 1 saturated heterocycles. The lowest BCUT2D eigenvalue weighted by Gasteiger charge is -2.24. The van der Waals surface area contributed by atoms with Gasteiger partial charge in [0.15, 0.2) is 0 Å². The van der Waals surface area contributed by atoms with Gasteiger partial charge in [0, 0.05) is 35.7 Å². The average molecular weight is 434 g/mol. The summed E-state index contributed by atoms with van der Waals surface area (Å²) in [4.78, 5) is 22.8. The Kier molecular flexibility index (Phi) is 6.63. The zero-order chi connectivity index (χ0) is 19.2. The SMILES string of the molecule is Cc1ccc(Br)cc1NC(=O)CCNc1cc(N2CCCC2CO)ncn1. The molecule has 3 rings (SSSR count). The second-order valence-electron chi connectivity index (χ2n) is 6.62. The van der Waals surface area contributed by atoms with Crippen LogP contribution >= 0.6 is 15.9 Å². The van der Waals surface area contributed by atoms with Crippen LogP contribution in [-0.4, -0.2) is 46.7 Å². The van der Waals surface area contributed by atoms with Crippen LogP contribution in [0.1, 0.15) is 24.8 Å². The van der Waals surface area contributed by atoms with Gasteiger partial charge in [0.2, 0.25) is 5.91 Å². The van der Waals surface area contributed by atoms with Crippen molar-refractivity contribution >= 4 is 39.2 Å². The number of hydrogen-bond acceptors (Lipinski definition) is 6. The summed E-state index contributed by atoms with van der Waals surface area (Å²) < 4.78 is 0.929. The normalized spacial score (nSPS) is 16.4. The fourth-order valence-electron chi connectivity index (χ4n) is 3.17. The molecule has 144 valence electrons. The van der Waals surface area contributed by atoms with E-state index in [1.807, 2.05) is 31.2 Å². The standard InChI is InChI=1S/C19H24BrN5O2/c1-13-4-5-14(20)9-16(13)24-19(27)6-7-21-17-10-18(23-12-22-17)25-8-2-3-15(25)11-26/h4-5,9-10,12,15,26H,2-3,6-8,11H2,1H3,(H,24,27)(H,21,22,23). The van der Waals surface area contributed by atoms with E-state index in [1.165, 1.54) is 6.33 Å². The van der Waals surface area contributed by atoms with Gasteiger partial charge in [-0.2, -0.15) is 0 Å². The van der Waals surface area contributed by atoms with E-state index in [0.717, 1.165) is 40.9 Å². The highest BCUT2D eigenvalue weighted by Crippen LogP contribution is 2.24. The van der Waals surface area contributed by atoms with Gasteiger partial charge in [0.05, 0.1) is 12.6 Å². The first kappa shape index (κ1) is 19.6. The molecule has 1 aromatic heterocycles. The van der Waals surface area contributed by atoms with Crippen molar-refractivity contribution in [3.63, 3.8) is 0 Å². The Balaban J connectivity index is 1.52. The van der Waals surface area contributed by atoms with Gasteiger partial charge < -0.3 is 20.6 Å². The van der Waals surface area contributed by atoms with E-state index in [2.05, 4.69) is 41.4 Å². The summed E-state index contributed by atoms with van der Waals surface area (Å²) in [5.41, 5.74) is 1.83. The van der Waals surface area contributed by atoms with E-state index in [1.54, 1.807) is 0 Å². The first-order valence-corrected chi connectivity index (χ1v) is 9.85. The fourth-order valence-corrected chi connectivity index (χ4v) is 3.53. The number of hydrogen-bond donors (Lipinski definition) is 3. The summed E-state index contributed by atoms with van der Waals surface area (Å²) in [6.45, 7) is 3.44. The van der Waals surface area contributed by atoms with Crippen LogP contribution in [0.2, 0.25) is 0 Å². The third kappa shape index (κ3) is 5.17. The number of carbonyl (C=O) groups excluding carboxylic acids is 1. The van der Waals surface area contributed by atoms with Crippen LogP contribution < -0.4 is 15.5 Å². The number of aromatic nitrogens is 2. The molecule has 1 atom stereocenters. The molecule has 3 N–H and O–H groups in total. The minimum atomic E-state index is -0.0575. The molecule has 8 heteroatoms. The summed E-state index contributed by atoms with van der Waals surface area (Å²) in [5, 5.41) is 15.6. The molecule has 0 saturated carbocycles. The molecule has 2 aromatic rings. The third-order valence-corrected chi connectivity index (χ3v) is 5.16. The first-order chi connectivity index (χ1) is 13.1. The van der Waals surface area contributed by atoms with Crippen molar-refractivity contribution in [1.29, 1.82) is 0 Å². The average Bonchev–Trinajstić information content (AvgIpc) is 3.14. The van der Waals surface area contributed by atoms with Crippen molar-refractivity contribution < 1.29 is 9.90 Å². The van der Waals surface area contributed by atoms with Crippen LogP contribution in [0.15, 0.2) is 35.1 Å². The van der Waals surface area contributed by atoms with Gasteiger partial charge in [0.1, 0.15) is 18.0 Å². The monoisotopic (exact) mass is 433 g/mol. The van der Waals surface area contributed by atoms with Crippen LogP contribution in [0.25, 0.3) is 0 Å². The molecule has 1 unspecified atom stereocenters. The number of carbonyl (C=O) groups is 1. The van der Waals surface area contributed by atoms with E-state index in [0.29, 0.717) is 18.8 Å². The maximum atomic E-state index is 12.2. The number of nitrogens with one attached hydrogen (secondary N) is 2. The number of halogens is 1. The van der Waals surface area contributed by atoms with Gasteiger partial charge in [-0.1, -0.05) is 22.0 Å². The number of rotatable bonds is 7. The van der Waals surface area contributed by atoms with E-state index in [4.69, 9.17) is 0 Å². The first-order valence-electron chi connectivity index (χ1n) is 9.06. The van der Waals surface area contributed by atoms with Crippen molar-refractivity contribution in [1.82, 2.24) is 9.97 Å². The van der Waals surface area contributed by atoms with E-state index in [-0.39, 0.29) is 18.6 Å². The third-order valence-electron chi connectivity index (χ3n) is 4.67. The fraction of sp³-hybridized carbons (Fsp3) is 0.421. The number of aryl methyl sites for hydroxylation is 1. The molecule has 0 spiro atoms. The lowest BCUT2D eigenvalue weighted by Crippen LogP contribution is -2.32. The molecule has 1 aliphatic heterocycles. The van der Waals surface area contributed by atoms with Crippen LogP contribution in [0.4, 0.5) is 17.3 Å². The summed E-state index contributed by atoms with van der Waals surface area (Å²) in [7, 11) is 0. The molecule has 0 radical (unpaired) electrons. The van der Waals surface area contributed by atoms with Gasteiger partial charge in [-0.05, 0) is 37.5 Å². The highest BCUT2D eigenvalue weighted by atomic mass is 79.9. The lowest BCUT2D eigenvalue weighted by atomic mass is 10.2. The van der Waals surface area contributed by atoms with Crippen LogP contribution in [0.3, 0.4) is 0 Å².